The Balaban J connectivity index is 0.000000233. The summed E-state index contributed by atoms with van der Waals surface area (Å²) >= 11 is 0. The highest BCUT2D eigenvalue weighted by molar-refractivity contribution is 5.21. The van der Waals surface area contributed by atoms with Crippen molar-refractivity contribution in [2.75, 3.05) is 0 Å². The number of hydrogen-bond donors (Lipinski definition) is 1. The maximum absolute atomic E-state index is 9.08. The van der Waals surface area contributed by atoms with Gasteiger partial charge in [-0.25, -0.2) is 0 Å². The van der Waals surface area contributed by atoms with Gasteiger partial charge in [-0.2, -0.15) is 0 Å². The SMILES string of the molecule is CC1CCCC(O)C1.CC1CCCCC1C.O.c1ccc(OC2CCCCC2)cc1. The predicted molar refractivity (Wildman–Crippen MR) is 128 cm³/mol. The third-order valence-electron chi connectivity index (χ3n) is 7.05. The molecule has 4 unspecified atom stereocenters. The molecule has 0 aromatic heterocycles. The van der Waals surface area contributed by atoms with Crippen molar-refractivity contribution in [1.29, 1.82) is 0 Å². The lowest BCUT2D eigenvalue weighted by molar-refractivity contribution is 0.106. The third kappa shape index (κ3) is 11.4. The highest BCUT2D eigenvalue weighted by Gasteiger charge is 2.16. The summed E-state index contributed by atoms with van der Waals surface area (Å²) in [5.74, 6) is 3.79. The van der Waals surface area contributed by atoms with Crippen molar-refractivity contribution < 1.29 is 15.3 Å². The summed E-state index contributed by atoms with van der Waals surface area (Å²) in [4.78, 5) is 0. The van der Waals surface area contributed by atoms with Gasteiger partial charge in [0.05, 0.1) is 12.2 Å². The molecule has 3 nitrogen and oxygen atoms in total. The van der Waals surface area contributed by atoms with E-state index >= 15 is 0 Å². The van der Waals surface area contributed by atoms with Crippen LogP contribution >= 0.6 is 0 Å². The van der Waals surface area contributed by atoms with E-state index in [0.717, 1.165) is 36.3 Å². The number of hydrogen-bond acceptors (Lipinski definition) is 2. The highest BCUT2D eigenvalue weighted by Crippen LogP contribution is 2.28. The Morgan fingerprint density at radius 1 is 0.700 bits per heavy atom. The molecule has 174 valence electrons. The first-order chi connectivity index (χ1) is 14.0. The van der Waals surface area contributed by atoms with E-state index in [4.69, 9.17) is 9.84 Å². The number of para-hydroxylation sites is 1. The maximum Gasteiger partial charge on any atom is 0.119 e. The minimum atomic E-state index is 0. The van der Waals surface area contributed by atoms with Crippen LogP contribution in [0, 0.1) is 17.8 Å². The number of aliphatic hydroxyl groups excluding tert-OH is 1. The Morgan fingerprint density at radius 3 is 1.73 bits per heavy atom. The van der Waals surface area contributed by atoms with Crippen LogP contribution in [-0.2, 0) is 0 Å². The van der Waals surface area contributed by atoms with Crippen LogP contribution in [0.4, 0.5) is 0 Å². The molecule has 4 atom stereocenters. The molecule has 1 aromatic carbocycles. The second-order valence-electron chi connectivity index (χ2n) is 9.86. The van der Waals surface area contributed by atoms with Gasteiger partial charge in [-0.05, 0) is 68.4 Å². The molecular weight excluding hydrogens is 372 g/mol. The van der Waals surface area contributed by atoms with E-state index in [9.17, 15) is 0 Å². The molecule has 0 amide bonds. The average Bonchev–Trinajstić information content (AvgIpc) is 2.73. The lowest BCUT2D eigenvalue weighted by Gasteiger charge is -2.24. The van der Waals surface area contributed by atoms with Crippen molar-refractivity contribution in [2.24, 2.45) is 17.8 Å². The van der Waals surface area contributed by atoms with Gasteiger partial charge in [-0.15, -0.1) is 0 Å². The van der Waals surface area contributed by atoms with Gasteiger partial charge in [-0.3, -0.25) is 0 Å². The van der Waals surface area contributed by atoms with Gasteiger partial charge in [0.15, 0.2) is 0 Å². The normalized spacial score (nSPS) is 29.2. The van der Waals surface area contributed by atoms with Crippen LogP contribution in [-0.4, -0.2) is 22.8 Å². The van der Waals surface area contributed by atoms with Gasteiger partial charge in [0, 0.05) is 0 Å². The third-order valence-corrected chi connectivity index (χ3v) is 7.05. The van der Waals surface area contributed by atoms with Gasteiger partial charge in [0.25, 0.3) is 0 Å². The van der Waals surface area contributed by atoms with Gasteiger partial charge >= 0.3 is 0 Å². The topological polar surface area (TPSA) is 61.0 Å². The van der Waals surface area contributed by atoms with Crippen LogP contribution in [0.15, 0.2) is 30.3 Å². The number of rotatable bonds is 2. The van der Waals surface area contributed by atoms with E-state index in [1.54, 1.807) is 0 Å². The molecule has 3 fully saturated rings. The van der Waals surface area contributed by atoms with E-state index in [2.05, 4.69) is 20.8 Å². The molecule has 30 heavy (non-hydrogen) atoms. The summed E-state index contributed by atoms with van der Waals surface area (Å²) < 4.78 is 5.86. The molecule has 0 heterocycles. The first kappa shape index (κ1) is 27.0. The molecule has 0 radical (unpaired) electrons. The summed E-state index contributed by atoms with van der Waals surface area (Å²) in [6, 6.07) is 10.1. The first-order valence-electron chi connectivity index (χ1n) is 12.4. The van der Waals surface area contributed by atoms with E-state index in [1.165, 1.54) is 70.6 Å². The van der Waals surface area contributed by atoms with Crippen molar-refractivity contribution in [3.8, 4) is 5.75 Å². The number of ether oxygens (including phenoxy) is 1. The van der Waals surface area contributed by atoms with E-state index in [0.29, 0.717) is 6.10 Å². The molecule has 0 bridgehead atoms. The van der Waals surface area contributed by atoms with Gasteiger partial charge in [0.2, 0.25) is 0 Å². The smallest absolute Gasteiger partial charge is 0.119 e. The molecule has 0 aliphatic heterocycles. The summed E-state index contributed by atoms with van der Waals surface area (Å²) in [6.07, 6.45) is 17.5. The first-order valence-corrected chi connectivity index (χ1v) is 12.4. The van der Waals surface area contributed by atoms with E-state index < -0.39 is 0 Å². The fourth-order valence-corrected chi connectivity index (χ4v) is 4.78. The van der Waals surface area contributed by atoms with Gasteiger partial charge in [-0.1, -0.05) is 83.9 Å². The molecule has 3 heteroatoms. The van der Waals surface area contributed by atoms with E-state index in [1.807, 2.05) is 30.3 Å². The minimum Gasteiger partial charge on any atom is -0.490 e. The van der Waals surface area contributed by atoms with Crippen LogP contribution < -0.4 is 4.74 Å². The molecule has 0 spiro atoms. The zero-order valence-electron chi connectivity index (χ0n) is 19.8. The van der Waals surface area contributed by atoms with Crippen LogP contribution in [0.1, 0.15) is 104 Å². The molecule has 3 saturated carbocycles. The lowest BCUT2D eigenvalue weighted by atomic mass is 9.82. The summed E-state index contributed by atoms with van der Waals surface area (Å²) in [6.45, 7) is 6.97. The largest absolute Gasteiger partial charge is 0.490 e. The second kappa shape index (κ2) is 15.7. The van der Waals surface area contributed by atoms with Crippen molar-refractivity contribution in [1.82, 2.24) is 0 Å². The fraction of sp³-hybridized carbons (Fsp3) is 0.778. The van der Waals surface area contributed by atoms with Crippen molar-refractivity contribution in [3.63, 3.8) is 0 Å². The zero-order valence-corrected chi connectivity index (χ0v) is 19.8. The van der Waals surface area contributed by atoms with Crippen molar-refractivity contribution in [2.45, 2.75) is 116 Å². The summed E-state index contributed by atoms with van der Waals surface area (Å²) in [5, 5.41) is 9.08. The maximum atomic E-state index is 9.08. The molecule has 4 rings (SSSR count). The monoisotopic (exact) mass is 420 g/mol. The summed E-state index contributed by atoms with van der Waals surface area (Å²) in [7, 11) is 0. The van der Waals surface area contributed by atoms with Gasteiger partial charge < -0.3 is 15.3 Å². The Hall–Kier alpha value is -1.06. The molecule has 1 aromatic rings. The average molecular weight is 421 g/mol. The van der Waals surface area contributed by atoms with Gasteiger partial charge in [0.1, 0.15) is 5.75 Å². The van der Waals surface area contributed by atoms with Crippen LogP contribution in [0.3, 0.4) is 0 Å². The fourth-order valence-electron chi connectivity index (χ4n) is 4.78. The Kier molecular flexibility index (Phi) is 14.1. The van der Waals surface area contributed by atoms with Crippen molar-refractivity contribution >= 4 is 0 Å². The zero-order chi connectivity index (χ0) is 20.9. The standard InChI is InChI=1S/C12H16O.C8H16.C7H14O.H2O/c1-3-7-11(8-4-1)13-12-9-5-2-6-10-12;1-7-5-3-4-6-8(7)2;1-6-3-2-4-7(8)5-6;/h1,3-4,7-8,12H,2,5-6,9-10H2;7-8H,3-6H2,1-2H3;6-8H,2-5H2,1H3;1H2. The number of benzene rings is 1. The van der Waals surface area contributed by atoms with E-state index in [-0.39, 0.29) is 11.6 Å². The Bertz CT molecular complexity index is 494. The molecule has 0 saturated heterocycles. The highest BCUT2D eigenvalue weighted by atomic mass is 16.5. The van der Waals surface area contributed by atoms with Crippen LogP contribution in [0.25, 0.3) is 0 Å². The van der Waals surface area contributed by atoms with Crippen LogP contribution in [0.5, 0.6) is 5.75 Å². The Labute approximate surface area is 185 Å². The molecule has 3 N–H and O–H groups in total. The lowest BCUT2D eigenvalue weighted by Crippen LogP contribution is -2.19. The molecule has 3 aliphatic carbocycles. The predicted octanol–water partition coefficient (Wildman–Crippen LogP) is 6.96. The molecular formula is C27H48O3. The summed E-state index contributed by atoms with van der Waals surface area (Å²) in [5.41, 5.74) is 0. The second-order valence-corrected chi connectivity index (χ2v) is 9.86. The van der Waals surface area contributed by atoms with Crippen LogP contribution in [0.2, 0.25) is 0 Å². The van der Waals surface area contributed by atoms with Crippen molar-refractivity contribution in [3.05, 3.63) is 30.3 Å². The Morgan fingerprint density at radius 2 is 1.27 bits per heavy atom. The number of aliphatic hydroxyl groups is 1. The quantitative estimate of drug-likeness (QED) is 0.562. The minimum absolute atomic E-state index is 0. The molecule has 3 aliphatic rings.